The molecule has 0 bridgehead atoms. The van der Waals surface area contributed by atoms with Crippen molar-refractivity contribution >= 4 is 11.9 Å². The summed E-state index contributed by atoms with van der Waals surface area (Å²) in [6.07, 6.45) is 2.35. The highest BCUT2D eigenvalue weighted by Crippen LogP contribution is 2.13. The Kier molecular flexibility index (Phi) is 4.70. The highest BCUT2D eigenvalue weighted by molar-refractivity contribution is 5.96. The summed E-state index contributed by atoms with van der Waals surface area (Å²) in [5.74, 6) is -0.381. The molecule has 92 valence electrons. The second-order valence-corrected chi connectivity index (χ2v) is 4.26. The SMILES string of the molecule is CC(NCC1CCCN1C)C(=O)NC(N)=O. The predicted molar refractivity (Wildman–Crippen MR) is 60.8 cm³/mol. The molecular formula is C10H20N4O2. The van der Waals surface area contributed by atoms with E-state index in [-0.39, 0.29) is 5.91 Å². The molecule has 0 aromatic rings. The van der Waals surface area contributed by atoms with E-state index < -0.39 is 12.1 Å². The van der Waals surface area contributed by atoms with E-state index in [2.05, 4.69) is 22.6 Å². The molecule has 0 aromatic heterocycles. The number of primary amides is 1. The summed E-state index contributed by atoms with van der Waals surface area (Å²) < 4.78 is 0. The summed E-state index contributed by atoms with van der Waals surface area (Å²) in [6, 6.07) is -0.734. The second kappa shape index (κ2) is 5.81. The van der Waals surface area contributed by atoms with Gasteiger partial charge < -0.3 is 16.0 Å². The molecule has 1 aliphatic heterocycles. The van der Waals surface area contributed by atoms with Gasteiger partial charge in [-0.25, -0.2) is 4.79 Å². The topological polar surface area (TPSA) is 87.5 Å². The molecule has 0 saturated carbocycles. The summed E-state index contributed by atoms with van der Waals surface area (Å²) >= 11 is 0. The van der Waals surface area contributed by atoms with Gasteiger partial charge in [-0.2, -0.15) is 0 Å². The Morgan fingerprint density at radius 3 is 2.75 bits per heavy atom. The second-order valence-electron chi connectivity index (χ2n) is 4.26. The summed E-state index contributed by atoms with van der Waals surface area (Å²) in [5, 5.41) is 5.15. The molecule has 0 radical (unpaired) electrons. The molecule has 2 atom stereocenters. The molecule has 1 rings (SSSR count). The van der Waals surface area contributed by atoms with Crippen molar-refractivity contribution in [1.29, 1.82) is 0 Å². The number of imide groups is 1. The first-order valence-electron chi connectivity index (χ1n) is 5.54. The van der Waals surface area contributed by atoms with E-state index in [0.29, 0.717) is 6.04 Å². The van der Waals surface area contributed by atoms with Crippen LogP contribution in [0.5, 0.6) is 0 Å². The normalized spacial score (nSPS) is 23.0. The number of nitrogens with zero attached hydrogens (tertiary/aromatic N) is 1. The van der Waals surface area contributed by atoms with Crippen LogP contribution in [0, 0.1) is 0 Å². The third-order valence-corrected chi connectivity index (χ3v) is 2.97. The number of urea groups is 1. The minimum absolute atomic E-state index is 0.381. The van der Waals surface area contributed by atoms with E-state index in [1.165, 1.54) is 6.42 Å². The summed E-state index contributed by atoms with van der Waals surface area (Å²) in [7, 11) is 2.08. The molecule has 2 unspecified atom stereocenters. The van der Waals surface area contributed by atoms with Crippen molar-refractivity contribution in [2.24, 2.45) is 5.73 Å². The van der Waals surface area contributed by atoms with E-state index >= 15 is 0 Å². The van der Waals surface area contributed by atoms with Gasteiger partial charge in [0.2, 0.25) is 5.91 Å². The van der Waals surface area contributed by atoms with Gasteiger partial charge in [0.1, 0.15) is 0 Å². The molecule has 6 heteroatoms. The smallest absolute Gasteiger partial charge is 0.318 e. The Morgan fingerprint density at radius 1 is 1.56 bits per heavy atom. The van der Waals surface area contributed by atoms with Gasteiger partial charge in [0.15, 0.2) is 0 Å². The van der Waals surface area contributed by atoms with E-state index in [9.17, 15) is 9.59 Å². The van der Waals surface area contributed by atoms with Gasteiger partial charge in [-0.05, 0) is 33.4 Å². The number of carbonyl (C=O) groups excluding carboxylic acids is 2. The quantitative estimate of drug-likeness (QED) is 0.591. The molecule has 6 nitrogen and oxygen atoms in total. The fourth-order valence-corrected chi connectivity index (χ4v) is 1.87. The molecule has 1 aliphatic rings. The summed E-state index contributed by atoms with van der Waals surface area (Å²) in [4.78, 5) is 24.1. The highest BCUT2D eigenvalue weighted by Gasteiger charge is 2.22. The van der Waals surface area contributed by atoms with Crippen molar-refractivity contribution in [2.75, 3.05) is 20.1 Å². The zero-order valence-corrected chi connectivity index (χ0v) is 9.82. The van der Waals surface area contributed by atoms with Crippen molar-refractivity contribution in [1.82, 2.24) is 15.5 Å². The first-order chi connectivity index (χ1) is 7.50. The number of rotatable bonds is 4. The highest BCUT2D eigenvalue weighted by atomic mass is 16.2. The third kappa shape index (κ3) is 3.79. The standard InChI is InChI=1S/C10H20N4O2/c1-7(9(15)13-10(11)16)12-6-8-4-3-5-14(8)2/h7-8,12H,3-6H2,1-2H3,(H3,11,13,15,16). The molecule has 3 amide bonds. The van der Waals surface area contributed by atoms with Crippen LogP contribution in [0.1, 0.15) is 19.8 Å². The van der Waals surface area contributed by atoms with Crippen LogP contribution in [-0.2, 0) is 4.79 Å². The zero-order chi connectivity index (χ0) is 12.1. The predicted octanol–water partition coefficient (Wildman–Crippen LogP) is -0.746. The third-order valence-electron chi connectivity index (χ3n) is 2.97. The molecule has 16 heavy (non-hydrogen) atoms. The van der Waals surface area contributed by atoms with Crippen molar-refractivity contribution in [3.05, 3.63) is 0 Å². The Hall–Kier alpha value is -1.14. The molecule has 1 heterocycles. The van der Waals surface area contributed by atoms with E-state index in [1.54, 1.807) is 6.92 Å². The largest absolute Gasteiger partial charge is 0.351 e. The average molecular weight is 228 g/mol. The van der Waals surface area contributed by atoms with Gasteiger partial charge in [-0.1, -0.05) is 0 Å². The van der Waals surface area contributed by atoms with Gasteiger partial charge in [-0.15, -0.1) is 0 Å². The Bertz CT molecular complexity index is 270. The van der Waals surface area contributed by atoms with Crippen LogP contribution in [0.15, 0.2) is 0 Å². The fraction of sp³-hybridized carbons (Fsp3) is 0.800. The van der Waals surface area contributed by atoms with Crippen molar-refractivity contribution in [3.63, 3.8) is 0 Å². The number of amides is 3. The van der Waals surface area contributed by atoms with Crippen LogP contribution in [0.25, 0.3) is 0 Å². The van der Waals surface area contributed by atoms with E-state index in [4.69, 9.17) is 5.73 Å². The van der Waals surface area contributed by atoms with Gasteiger partial charge in [-0.3, -0.25) is 10.1 Å². The van der Waals surface area contributed by atoms with Crippen molar-refractivity contribution in [2.45, 2.75) is 31.8 Å². The average Bonchev–Trinajstić information content (AvgIpc) is 2.59. The lowest BCUT2D eigenvalue weighted by molar-refractivity contribution is -0.121. The van der Waals surface area contributed by atoms with E-state index in [0.717, 1.165) is 19.5 Å². The maximum atomic E-state index is 11.4. The lowest BCUT2D eigenvalue weighted by Gasteiger charge is -2.21. The number of likely N-dealkylation sites (tertiary alicyclic amines) is 1. The van der Waals surface area contributed by atoms with Crippen LogP contribution in [0.4, 0.5) is 4.79 Å². The van der Waals surface area contributed by atoms with Crippen LogP contribution in [0.3, 0.4) is 0 Å². The van der Waals surface area contributed by atoms with Gasteiger partial charge in [0, 0.05) is 12.6 Å². The summed E-state index contributed by atoms with van der Waals surface area (Å²) in [5.41, 5.74) is 4.86. The molecule has 0 aliphatic carbocycles. The monoisotopic (exact) mass is 228 g/mol. The van der Waals surface area contributed by atoms with Crippen LogP contribution in [0.2, 0.25) is 0 Å². The number of carbonyl (C=O) groups is 2. The Labute approximate surface area is 95.5 Å². The molecule has 0 aromatic carbocycles. The molecule has 0 spiro atoms. The minimum atomic E-state index is -0.809. The lowest BCUT2D eigenvalue weighted by Crippen LogP contribution is -2.49. The van der Waals surface area contributed by atoms with Crippen molar-refractivity contribution < 1.29 is 9.59 Å². The van der Waals surface area contributed by atoms with E-state index in [1.807, 2.05) is 0 Å². The maximum absolute atomic E-state index is 11.4. The first kappa shape index (κ1) is 12.9. The van der Waals surface area contributed by atoms with Gasteiger partial charge in [0.25, 0.3) is 0 Å². The van der Waals surface area contributed by atoms with Crippen LogP contribution >= 0.6 is 0 Å². The molecule has 4 N–H and O–H groups in total. The number of hydrogen-bond acceptors (Lipinski definition) is 4. The van der Waals surface area contributed by atoms with Gasteiger partial charge in [0.05, 0.1) is 6.04 Å². The fourth-order valence-electron chi connectivity index (χ4n) is 1.87. The molecule has 1 saturated heterocycles. The van der Waals surface area contributed by atoms with Gasteiger partial charge >= 0.3 is 6.03 Å². The summed E-state index contributed by atoms with van der Waals surface area (Å²) in [6.45, 7) is 3.57. The number of hydrogen-bond donors (Lipinski definition) is 3. The maximum Gasteiger partial charge on any atom is 0.318 e. The first-order valence-corrected chi connectivity index (χ1v) is 5.54. The van der Waals surface area contributed by atoms with Crippen LogP contribution in [-0.4, -0.2) is 49.1 Å². The molecular weight excluding hydrogens is 208 g/mol. The Balaban J connectivity index is 2.26. The number of nitrogens with one attached hydrogen (secondary N) is 2. The van der Waals surface area contributed by atoms with Crippen LogP contribution < -0.4 is 16.4 Å². The lowest BCUT2D eigenvalue weighted by atomic mass is 10.2. The Morgan fingerprint density at radius 2 is 2.25 bits per heavy atom. The molecule has 1 fully saturated rings. The van der Waals surface area contributed by atoms with Crippen molar-refractivity contribution in [3.8, 4) is 0 Å². The number of nitrogens with two attached hydrogens (primary N) is 1. The number of likely N-dealkylation sites (N-methyl/N-ethyl adjacent to an activating group) is 1. The minimum Gasteiger partial charge on any atom is -0.351 e. The zero-order valence-electron chi connectivity index (χ0n) is 9.82.